The number of halogens is 2. The lowest BCUT2D eigenvalue weighted by molar-refractivity contribution is 0.416. The molecule has 7 heteroatoms. The van der Waals surface area contributed by atoms with Gasteiger partial charge in [-0.2, -0.15) is 14.6 Å². The van der Waals surface area contributed by atoms with Gasteiger partial charge in [0.25, 0.3) is 0 Å². The molecule has 2 N–H and O–H groups in total. The van der Waals surface area contributed by atoms with Crippen LogP contribution in [0.2, 0.25) is 5.02 Å². The summed E-state index contributed by atoms with van der Waals surface area (Å²) in [5, 5.41) is 23.9. The number of fused-ring (bicyclic) bond motifs is 1. The number of aromatic hydroxyl groups is 2. The molecule has 0 fully saturated rings. The van der Waals surface area contributed by atoms with Crippen molar-refractivity contribution in [3.63, 3.8) is 0 Å². The minimum atomic E-state index is -0.513. The van der Waals surface area contributed by atoms with Gasteiger partial charge in [0.2, 0.25) is 11.8 Å². The van der Waals surface area contributed by atoms with Crippen molar-refractivity contribution >= 4 is 17.2 Å². The lowest BCUT2D eigenvalue weighted by atomic mass is 10.1. The van der Waals surface area contributed by atoms with E-state index in [1.165, 1.54) is 24.4 Å². The molecule has 5 nitrogen and oxygen atoms in total. The van der Waals surface area contributed by atoms with E-state index in [0.717, 1.165) is 10.6 Å². The van der Waals surface area contributed by atoms with E-state index in [1.807, 2.05) is 0 Å². The molecule has 0 radical (unpaired) electrons. The highest BCUT2D eigenvalue weighted by Gasteiger charge is 2.19. The maximum atomic E-state index is 13.0. The zero-order valence-electron chi connectivity index (χ0n) is 9.38. The van der Waals surface area contributed by atoms with Crippen molar-refractivity contribution < 1.29 is 14.6 Å². The van der Waals surface area contributed by atoms with Crippen LogP contribution in [0.4, 0.5) is 4.39 Å². The molecular weight excluding hydrogens is 273 g/mol. The van der Waals surface area contributed by atoms with Crippen molar-refractivity contribution in [3.8, 4) is 22.9 Å². The molecule has 0 aliphatic heterocycles. The maximum absolute atomic E-state index is 13.0. The van der Waals surface area contributed by atoms with Gasteiger partial charge in [-0.3, -0.25) is 0 Å². The smallest absolute Gasteiger partial charge is 0.227 e. The molecule has 0 aliphatic carbocycles. The lowest BCUT2D eigenvalue weighted by Gasteiger charge is -2.09. The van der Waals surface area contributed by atoms with Crippen LogP contribution in [0.25, 0.3) is 16.8 Å². The number of benzene rings is 1. The molecule has 0 atom stereocenters. The van der Waals surface area contributed by atoms with Gasteiger partial charge in [-0.15, -0.1) is 0 Å². The van der Waals surface area contributed by atoms with Crippen LogP contribution in [0, 0.1) is 5.82 Å². The predicted octanol–water partition coefficient (Wildman–Crippen LogP) is 2.60. The van der Waals surface area contributed by atoms with Crippen LogP contribution in [0.15, 0.2) is 30.5 Å². The van der Waals surface area contributed by atoms with Crippen molar-refractivity contribution in [2.24, 2.45) is 0 Å². The average molecular weight is 280 g/mol. The molecular formula is C12H7ClFN3O2. The summed E-state index contributed by atoms with van der Waals surface area (Å²) < 4.78 is 14.2. The Bertz CT molecular complexity index is 788. The summed E-state index contributed by atoms with van der Waals surface area (Å²) in [6, 6.07) is 5.13. The molecule has 3 rings (SSSR count). The van der Waals surface area contributed by atoms with Crippen molar-refractivity contribution in [2.75, 3.05) is 0 Å². The number of hydrogen-bond acceptors (Lipinski definition) is 4. The van der Waals surface area contributed by atoms with Gasteiger partial charge in [0.1, 0.15) is 11.4 Å². The number of nitrogens with zero attached hydrogens (tertiary/aromatic N) is 3. The van der Waals surface area contributed by atoms with Gasteiger partial charge in [0, 0.05) is 11.6 Å². The third kappa shape index (κ3) is 1.77. The Morgan fingerprint density at radius 1 is 1.21 bits per heavy atom. The highest BCUT2D eigenvalue weighted by Crippen LogP contribution is 2.39. The Balaban J connectivity index is 2.35. The fraction of sp³-hybridized carbons (Fsp3) is 0. The second-order valence-electron chi connectivity index (χ2n) is 3.86. The SMILES string of the molecule is Oc1nc2ccnn2c(O)c1-c1ccc(F)cc1Cl. The van der Waals surface area contributed by atoms with E-state index in [0.29, 0.717) is 0 Å². The van der Waals surface area contributed by atoms with E-state index < -0.39 is 11.7 Å². The summed E-state index contributed by atoms with van der Waals surface area (Å²) in [5.41, 5.74) is 0.557. The highest BCUT2D eigenvalue weighted by molar-refractivity contribution is 6.33. The first-order valence-corrected chi connectivity index (χ1v) is 5.67. The van der Waals surface area contributed by atoms with E-state index in [9.17, 15) is 14.6 Å². The molecule has 1 aromatic carbocycles. The van der Waals surface area contributed by atoms with Gasteiger partial charge in [-0.25, -0.2) is 4.39 Å². The first-order valence-electron chi connectivity index (χ1n) is 5.29. The second kappa shape index (κ2) is 4.10. The summed E-state index contributed by atoms with van der Waals surface area (Å²) in [6.07, 6.45) is 1.43. The summed E-state index contributed by atoms with van der Waals surface area (Å²) in [7, 11) is 0. The van der Waals surface area contributed by atoms with Crippen LogP contribution >= 0.6 is 11.6 Å². The molecule has 0 unspecified atom stereocenters. The molecule has 3 aromatic rings. The second-order valence-corrected chi connectivity index (χ2v) is 4.27. The van der Waals surface area contributed by atoms with E-state index in [1.54, 1.807) is 0 Å². The van der Waals surface area contributed by atoms with Crippen molar-refractivity contribution in [1.82, 2.24) is 14.6 Å². The van der Waals surface area contributed by atoms with Crippen LogP contribution in [-0.4, -0.2) is 24.8 Å². The van der Waals surface area contributed by atoms with Gasteiger partial charge in [-0.1, -0.05) is 11.6 Å². The van der Waals surface area contributed by atoms with Crippen LogP contribution in [0.5, 0.6) is 11.8 Å². The predicted molar refractivity (Wildman–Crippen MR) is 66.7 cm³/mol. The number of aromatic nitrogens is 3. The van der Waals surface area contributed by atoms with Gasteiger partial charge < -0.3 is 10.2 Å². The zero-order chi connectivity index (χ0) is 13.6. The quantitative estimate of drug-likeness (QED) is 0.718. The fourth-order valence-corrected chi connectivity index (χ4v) is 2.11. The zero-order valence-corrected chi connectivity index (χ0v) is 10.1. The summed E-state index contributed by atoms with van der Waals surface area (Å²) in [4.78, 5) is 3.88. The standard InChI is InChI=1S/C12H7ClFN3O2/c13-8-5-6(14)1-2-7(8)10-11(18)16-9-3-4-15-17(9)12(10)19/h1-5,19H,(H,16,18). The Morgan fingerprint density at radius 2 is 2.00 bits per heavy atom. The monoisotopic (exact) mass is 279 g/mol. The largest absolute Gasteiger partial charge is 0.493 e. The van der Waals surface area contributed by atoms with E-state index in [4.69, 9.17) is 11.6 Å². The molecule has 2 heterocycles. The van der Waals surface area contributed by atoms with E-state index >= 15 is 0 Å². The Morgan fingerprint density at radius 3 is 2.74 bits per heavy atom. The molecule has 0 saturated heterocycles. The first kappa shape index (κ1) is 11.7. The molecule has 0 aliphatic rings. The molecule has 96 valence electrons. The molecule has 2 aromatic heterocycles. The van der Waals surface area contributed by atoms with Crippen molar-refractivity contribution in [3.05, 3.63) is 41.3 Å². The first-order chi connectivity index (χ1) is 9.08. The van der Waals surface area contributed by atoms with Gasteiger partial charge in [0.05, 0.1) is 11.2 Å². The Hall–Kier alpha value is -2.34. The van der Waals surface area contributed by atoms with Crippen LogP contribution < -0.4 is 0 Å². The minimum Gasteiger partial charge on any atom is -0.493 e. The van der Waals surface area contributed by atoms with Gasteiger partial charge in [-0.05, 0) is 18.2 Å². The number of rotatable bonds is 1. The normalized spacial score (nSPS) is 11.1. The fourth-order valence-electron chi connectivity index (χ4n) is 1.85. The Labute approximate surface area is 111 Å². The van der Waals surface area contributed by atoms with Crippen molar-refractivity contribution in [2.45, 2.75) is 0 Å². The number of hydrogen-bond donors (Lipinski definition) is 2. The average Bonchev–Trinajstić information content (AvgIpc) is 2.80. The van der Waals surface area contributed by atoms with Crippen LogP contribution in [0.1, 0.15) is 0 Å². The highest BCUT2D eigenvalue weighted by atomic mass is 35.5. The molecule has 19 heavy (non-hydrogen) atoms. The van der Waals surface area contributed by atoms with Crippen LogP contribution in [0.3, 0.4) is 0 Å². The maximum Gasteiger partial charge on any atom is 0.227 e. The van der Waals surface area contributed by atoms with E-state index in [2.05, 4.69) is 10.1 Å². The summed E-state index contributed by atoms with van der Waals surface area (Å²) in [6.45, 7) is 0. The summed E-state index contributed by atoms with van der Waals surface area (Å²) in [5.74, 6) is -1.24. The minimum absolute atomic E-state index is 0.00111. The molecule has 0 amide bonds. The van der Waals surface area contributed by atoms with E-state index in [-0.39, 0.29) is 27.7 Å². The van der Waals surface area contributed by atoms with Gasteiger partial charge in [0.15, 0.2) is 5.65 Å². The summed E-state index contributed by atoms with van der Waals surface area (Å²) >= 11 is 5.91. The van der Waals surface area contributed by atoms with Crippen molar-refractivity contribution in [1.29, 1.82) is 0 Å². The topological polar surface area (TPSA) is 70.7 Å². The third-order valence-electron chi connectivity index (χ3n) is 2.69. The lowest BCUT2D eigenvalue weighted by Crippen LogP contribution is -1.95. The van der Waals surface area contributed by atoms with Gasteiger partial charge >= 0.3 is 0 Å². The molecule has 0 spiro atoms. The van der Waals surface area contributed by atoms with Crippen LogP contribution in [-0.2, 0) is 0 Å². The molecule has 0 saturated carbocycles. The third-order valence-corrected chi connectivity index (χ3v) is 3.00. The molecule has 0 bridgehead atoms. The Kier molecular flexibility index (Phi) is 2.53.